The molecule has 2 heterocycles. The van der Waals surface area contributed by atoms with Gasteiger partial charge in [0.1, 0.15) is 11.4 Å². The van der Waals surface area contributed by atoms with Crippen LogP contribution < -0.4 is 4.74 Å². The molecule has 3 rings (SSSR count). The maximum Gasteiger partial charge on any atom is 0.170 e. The number of piperidine rings is 1. The highest BCUT2D eigenvalue weighted by Gasteiger charge is 2.43. The lowest BCUT2D eigenvalue weighted by Gasteiger charge is -2.42. The SMILES string of the molecule is O=C1CC2(CCCN(Br)C2)Oc2ccccc21. The zero-order chi connectivity index (χ0) is 11.9. The van der Waals surface area contributed by atoms with Crippen molar-refractivity contribution in [3.8, 4) is 5.75 Å². The molecule has 0 bridgehead atoms. The van der Waals surface area contributed by atoms with E-state index in [1.54, 1.807) is 0 Å². The van der Waals surface area contributed by atoms with Crippen molar-refractivity contribution in [2.45, 2.75) is 24.9 Å². The number of hydrogen-bond acceptors (Lipinski definition) is 3. The normalized spacial score (nSPS) is 28.9. The van der Waals surface area contributed by atoms with E-state index in [1.165, 1.54) is 0 Å². The molecule has 0 amide bonds. The molecule has 3 nitrogen and oxygen atoms in total. The first kappa shape index (κ1) is 11.2. The van der Waals surface area contributed by atoms with Gasteiger partial charge in [0.05, 0.1) is 12.0 Å². The Labute approximate surface area is 109 Å². The molecule has 1 aromatic carbocycles. The van der Waals surface area contributed by atoms with Gasteiger partial charge in [-0.3, -0.25) is 4.79 Å². The number of Topliss-reactive ketones (excluding diaryl/α,β-unsaturated/α-hetero) is 1. The zero-order valence-corrected chi connectivity index (χ0v) is 11.1. The highest BCUT2D eigenvalue weighted by molar-refractivity contribution is 9.07. The van der Waals surface area contributed by atoms with E-state index in [-0.39, 0.29) is 11.4 Å². The van der Waals surface area contributed by atoms with Gasteiger partial charge in [-0.2, -0.15) is 0 Å². The molecule has 1 fully saturated rings. The largest absolute Gasteiger partial charge is 0.485 e. The molecule has 2 aliphatic heterocycles. The lowest BCUT2D eigenvalue weighted by atomic mass is 9.84. The third-order valence-electron chi connectivity index (χ3n) is 3.49. The molecular formula is C13H14BrNO2. The van der Waals surface area contributed by atoms with Crippen LogP contribution in [0.4, 0.5) is 0 Å². The molecule has 1 saturated heterocycles. The molecule has 0 radical (unpaired) electrons. The van der Waals surface area contributed by atoms with Crippen molar-refractivity contribution in [2.75, 3.05) is 13.1 Å². The van der Waals surface area contributed by atoms with E-state index in [1.807, 2.05) is 24.3 Å². The first-order valence-corrected chi connectivity index (χ1v) is 6.61. The Hall–Kier alpha value is -0.870. The summed E-state index contributed by atoms with van der Waals surface area (Å²) in [4.78, 5) is 12.2. The summed E-state index contributed by atoms with van der Waals surface area (Å²) in [5, 5.41) is 0. The second-order valence-corrected chi connectivity index (χ2v) is 5.83. The molecule has 0 N–H and O–H groups in total. The Kier molecular flexibility index (Phi) is 2.71. The molecule has 0 aromatic heterocycles. The number of carbonyl (C=O) groups excluding carboxylic acids is 1. The summed E-state index contributed by atoms with van der Waals surface area (Å²) < 4.78 is 8.18. The zero-order valence-electron chi connectivity index (χ0n) is 9.49. The molecule has 2 aliphatic rings. The quantitative estimate of drug-likeness (QED) is 0.689. The van der Waals surface area contributed by atoms with Crippen LogP contribution in [0.15, 0.2) is 24.3 Å². The number of carbonyl (C=O) groups is 1. The van der Waals surface area contributed by atoms with Gasteiger partial charge in [0.15, 0.2) is 5.78 Å². The van der Waals surface area contributed by atoms with Crippen LogP contribution in [0.3, 0.4) is 0 Å². The van der Waals surface area contributed by atoms with Crippen LogP contribution in [0.1, 0.15) is 29.6 Å². The minimum absolute atomic E-state index is 0.203. The second kappa shape index (κ2) is 4.10. The van der Waals surface area contributed by atoms with Crippen LogP contribution in [-0.2, 0) is 0 Å². The van der Waals surface area contributed by atoms with Gasteiger partial charge in [0.2, 0.25) is 0 Å². The average Bonchev–Trinajstić information content (AvgIpc) is 2.28. The van der Waals surface area contributed by atoms with Gasteiger partial charge in [-0.05, 0) is 25.0 Å². The standard InChI is InChI=1S/C13H14BrNO2/c14-15-7-3-6-13(9-15)8-11(16)10-4-1-2-5-12(10)17-13/h1-2,4-5H,3,6-9H2. The molecule has 0 saturated carbocycles. The topological polar surface area (TPSA) is 29.5 Å². The molecule has 4 heteroatoms. The number of ether oxygens (including phenoxy) is 1. The molecular weight excluding hydrogens is 282 g/mol. The van der Waals surface area contributed by atoms with Crippen LogP contribution in [-0.4, -0.2) is 28.4 Å². The van der Waals surface area contributed by atoms with Gasteiger partial charge >= 0.3 is 0 Å². The highest BCUT2D eigenvalue weighted by Crippen LogP contribution is 2.38. The van der Waals surface area contributed by atoms with Crippen molar-refractivity contribution in [1.82, 2.24) is 3.93 Å². The number of fused-ring (bicyclic) bond motifs is 1. The van der Waals surface area contributed by atoms with Crippen LogP contribution in [0.2, 0.25) is 0 Å². The van der Waals surface area contributed by atoms with E-state index >= 15 is 0 Å². The molecule has 90 valence electrons. The van der Waals surface area contributed by atoms with Gasteiger partial charge in [0, 0.05) is 29.2 Å². The number of rotatable bonds is 0. The van der Waals surface area contributed by atoms with Crippen molar-refractivity contribution in [3.05, 3.63) is 29.8 Å². The Balaban J connectivity index is 1.95. The summed E-state index contributed by atoms with van der Waals surface area (Å²) in [5.41, 5.74) is 0.400. The third-order valence-corrected chi connectivity index (χ3v) is 4.09. The predicted molar refractivity (Wildman–Crippen MR) is 68.5 cm³/mol. The summed E-state index contributed by atoms with van der Waals surface area (Å²) in [6.07, 6.45) is 2.50. The lowest BCUT2D eigenvalue weighted by Crippen LogP contribution is -2.52. The van der Waals surface area contributed by atoms with Crippen molar-refractivity contribution in [2.24, 2.45) is 0 Å². The van der Waals surface area contributed by atoms with E-state index < -0.39 is 0 Å². The number of hydrogen-bond donors (Lipinski definition) is 0. The van der Waals surface area contributed by atoms with E-state index in [2.05, 4.69) is 20.1 Å². The highest BCUT2D eigenvalue weighted by atomic mass is 79.9. The van der Waals surface area contributed by atoms with Crippen LogP contribution in [0.25, 0.3) is 0 Å². The fourth-order valence-corrected chi connectivity index (χ4v) is 3.42. The van der Waals surface area contributed by atoms with Crippen LogP contribution >= 0.6 is 16.1 Å². The summed E-state index contributed by atoms with van der Waals surface area (Å²) in [6.45, 7) is 1.79. The smallest absolute Gasteiger partial charge is 0.170 e. The number of para-hydroxylation sites is 1. The molecule has 1 atom stereocenters. The maximum atomic E-state index is 12.2. The van der Waals surface area contributed by atoms with Gasteiger partial charge < -0.3 is 4.74 Å². The summed E-state index contributed by atoms with van der Waals surface area (Å²) in [7, 11) is 0. The first-order chi connectivity index (χ1) is 8.19. The Morgan fingerprint density at radius 3 is 3.00 bits per heavy atom. The maximum absolute atomic E-state index is 12.2. The van der Waals surface area contributed by atoms with E-state index in [0.29, 0.717) is 6.42 Å². The molecule has 1 spiro atoms. The molecule has 1 unspecified atom stereocenters. The van der Waals surface area contributed by atoms with Crippen molar-refractivity contribution >= 4 is 21.9 Å². The number of ketones is 1. The van der Waals surface area contributed by atoms with Crippen molar-refractivity contribution < 1.29 is 9.53 Å². The van der Waals surface area contributed by atoms with E-state index in [4.69, 9.17) is 4.74 Å². The Bertz CT molecular complexity index is 462. The molecule has 0 aliphatic carbocycles. The van der Waals surface area contributed by atoms with Gasteiger partial charge in [0.25, 0.3) is 0 Å². The van der Waals surface area contributed by atoms with Crippen LogP contribution in [0.5, 0.6) is 5.75 Å². The second-order valence-electron chi connectivity index (χ2n) is 4.83. The third kappa shape index (κ3) is 2.00. The van der Waals surface area contributed by atoms with Gasteiger partial charge in [-0.15, -0.1) is 0 Å². The van der Waals surface area contributed by atoms with Crippen molar-refractivity contribution in [3.63, 3.8) is 0 Å². The fourth-order valence-electron chi connectivity index (χ4n) is 2.71. The predicted octanol–water partition coefficient (Wildman–Crippen LogP) is 2.80. The Morgan fingerprint density at radius 2 is 2.18 bits per heavy atom. The first-order valence-electron chi connectivity index (χ1n) is 5.91. The fraction of sp³-hybridized carbons (Fsp3) is 0.462. The molecule has 17 heavy (non-hydrogen) atoms. The van der Waals surface area contributed by atoms with Crippen molar-refractivity contribution in [1.29, 1.82) is 0 Å². The number of benzene rings is 1. The average molecular weight is 296 g/mol. The molecule has 1 aromatic rings. The minimum atomic E-state index is -0.326. The minimum Gasteiger partial charge on any atom is -0.485 e. The van der Waals surface area contributed by atoms with E-state index in [9.17, 15) is 4.79 Å². The summed E-state index contributed by atoms with van der Waals surface area (Å²) >= 11 is 3.50. The van der Waals surface area contributed by atoms with Gasteiger partial charge in [-0.25, -0.2) is 3.93 Å². The summed E-state index contributed by atoms with van der Waals surface area (Å²) in [6, 6.07) is 7.54. The Morgan fingerprint density at radius 1 is 1.35 bits per heavy atom. The number of nitrogens with zero attached hydrogens (tertiary/aromatic N) is 1. The van der Waals surface area contributed by atoms with Gasteiger partial charge in [-0.1, -0.05) is 12.1 Å². The number of halogens is 1. The van der Waals surface area contributed by atoms with E-state index in [0.717, 1.165) is 37.2 Å². The lowest BCUT2D eigenvalue weighted by molar-refractivity contribution is 0.00715. The summed E-state index contributed by atoms with van der Waals surface area (Å²) in [5.74, 6) is 0.946. The van der Waals surface area contributed by atoms with Crippen LogP contribution in [0, 0.1) is 0 Å². The monoisotopic (exact) mass is 295 g/mol.